The van der Waals surface area contributed by atoms with Gasteiger partial charge in [-0.25, -0.2) is 0 Å². The smallest absolute Gasteiger partial charge is 0.119 e. The molecule has 1 saturated heterocycles. The summed E-state index contributed by atoms with van der Waals surface area (Å²) in [5.74, 6) is 1.55. The van der Waals surface area contributed by atoms with Crippen molar-refractivity contribution in [3.8, 4) is 5.75 Å². The Bertz CT molecular complexity index is 384. The molecule has 2 aliphatic rings. The molecule has 1 atom stereocenters. The highest BCUT2D eigenvalue weighted by atomic mass is 16.5. The van der Waals surface area contributed by atoms with Gasteiger partial charge in [-0.05, 0) is 37.0 Å². The maximum absolute atomic E-state index is 5.85. The highest BCUT2D eigenvalue weighted by Crippen LogP contribution is 2.21. The standard InChI is InChI=1S/C15H21NO2/c1-2-12(9-16-14-4-5-14)8-15(3-1)18-11-13-6-7-17-10-13/h1-3,8,13-14,16H,4-7,9-11H2. The van der Waals surface area contributed by atoms with Crippen LogP contribution in [-0.4, -0.2) is 25.9 Å². The molecule has 2 fully saturated rings. The van der Waals surface area contributed by atoms with Crippen LogP contribution in [0.25, 0.3) is 0 Å². The lowest BCUT2D eigenvalue weighted by Crippen LogP contribution is -2.15. The van der Waals surface area contributed by atoms with E-state index in [1.807, 2.05) is 6.07 Å². The summed E-state index contributed by atoms with van der Waals surface area (Å²) in [6.07, 6.45) is 3.79. The van der Waals surface area contributed by atoms with Gasteiger partial charge in [-0.2, -0.15) is 0 Å². The second-order valence-electron chi connectivity index (χ2n) is 5.34. The third-order valence-corrected chi connectivity index (χ3v) is 3.58. The summed E-state index contributed by atoms with van der Waals surface area (Å²) in [5, 5.41) is 3.52. The summed E-state index contributed by atoms with van der Waals surface area (Å²) >= 11 is 0. The molecule has 0 radical (unpaired) electrons. The van der Waals surface area contributed by atoms with Crippen molar-refractivity contribution in [1.82, 2.24) is 5.32 Å². The maximum Gasteiger partial charge on any atom is 0.119 e. The predicted molar refractivity (Wildman–Crippen MR) is 70.7 cm³/mol. The lowest BCUT2D eigenvalue weighted by molar-refractivity contribution is 0.167. The molecule has 0 aromatic heterocycles. The molecule has 98 valence electrons. The SMILES string of the molecule is c1cc(CNC2CC2)cc(OCC2CCOC2)c1. The van der Waals surface area contributed by atoms with E-state index in [2.05, 4.69) is 23.5 Å². The number of benzene rings is 1. The molecule has 3 heteroatoms. The summed E-state index contributed by atoms with van der Waals surface area (Å²) in [4.78, 5) is 0. The quantitative estimate of drug-likeness (QED) is 0.837. The van der Waals surface area contributed by atoms with Crippen molar-refractivity contribution < 1.29 is 9.47 Å². The molecule has 1 aliphatic carbocycles. The molecule has 1 heterocycles. The summed E-state index contributed by atoms with van der Waals surface area (Å²) in [5.41, 5.74) is 1.31. The second kappa shape index (κ2) is 5.72. The molecule has 1 aromatic rings. The summed E-state index contributed by atoms with van der Waals surface area (Å²) in [6, 6.07) is 9.16. The first-order valence-corrected chi connectivity index (χ1v) is 6.93. The monoisotopic (exact) mass is 247 g/mol. The third kappa shape index (κ3) is 3.47. The zero-order valence-electron chi connectivity index (χ0n) is 10.7. The Hall–Kier alpha value is -1.06. The Morgan fingerprint density at radius 1 is 1.28 bits per heavy atom. The van der Waals surface area contributed by atoms with E-state index >= 15 is 0 Å². The lowest BCUT2D eigenvalue weighted by Gasteiger charge is -2.11. The molecule has 0 spiro atoms. The number of nitrogens with one attached hydrogen (secondary N) is 1. The van der Waals surface area contributed by atoms with Gasteiger partial charge in [0.2, 0.25) is 0 Å². The van der Waals surface area contributed by atoms with Gasteiger partial charge in [-0.15, -0.1) is 0 Å². The minimum Gasteiger partial charge on any atom is -0.493 e. The number of hydrogen-bond donors (Lipinski definition) is 1. The molecule has 1 aliphatic heterocycles. The Labute approximate surface area is 108 Å². The van der Waals surface area contributed by atoms with E-state index in [4.69, 9.17) is 9.47 Å². The van der Waals surface area contributed by atoms with Crippen molar-refractivity contribution in [3.63, 3.8) is 0 Å². The molecule has 0 amide bonds. The molecule has 3 rings (SSSR count). The number of hydrogen-bond acceptors (Lipinski definition) is 3. The zero-order valence-corrected chi connectivity index (χ0v) is 10.7. The number of rotatable bonds is 6. The molecular weight excluding hydrogens is 226 g/mol. The average molecular weight is 247 g/mol. The molecular formula is C15H21NO2. The van der Waals surface area contributed by atoms with E-state index in [1.54, 1.807) is 0 Å². The van der Waals surface area contributed by atoms with E-state index in [0.29, 0.717) is 5.92 Å². The highest BCUT2D eigenvalue weighted by Gasteiger charge is 2.20. The fourth-order valence-electron chi connectivity index (χ4n) is 2.22. The van der Waals surface area contributed by atoms with Crippen LogP contribution in [0.3, 0.4) is 0 Å². The van der Waals surface area contributed by atoms with Crippen LogP contribution in [0.15, 0.2) is 24.3 Å². The normalized spacial score (nSPS) is 23.2. The van der Waals surface area contributed by atoms with Crippen molar-refractivity contribution in [1.29, 1.82) is 0 Å². The van der Waals surface area contributed by atoms with Crippen molar-refractivity contribution >= 4 is 0 Å². The van der Waals surface area contributed by atoms with Gasteiger partial charge in [0, 0.05) is 25.1 Å². The fourth-order valence-corrected chi connectivity index (χ4v) is 2.22. The van der Waals surface area contributed by atoms with Crippen LogP contribution in [0, 0.1) is 5.92 Å². The molecule has 18 heavy (non-hydrogen) atoms. The van der Waals surface area contributed by atoms with Gasteiger partial charge >= 0.3 is 0 Å². The molecule has 0 bridgehead atoms. The minimum absolute atomic E-state index is 0.568. The number of ether oxygens (including phenoxy) is 2. The van der Waals surface area contributed by atoms with Gasteiger partial charge in [0.25, 0.3) is 0 Å². The van der Waals surface area contributed by atoms with Crippen LogP contribution < -0.4 is 10.1 Å². The van der Waals surface area contributed by atoms with Crippen molar-refractivity contribution in [2.75, 3.05) is 19.8 Å². The van der Waals surface area contributed by atoms with E-state index in [1.165, 1.54) is 18.4 Å². The summed E-state index contributed by atoms with van der Waals surface area (Å²) in [6.45, 7) is 3.47. The Morgan fingerprint density at radius 2 is 2.22 bits per heavy atom. The molecule has 1 N–H and O–H groups in total. The van der Waals surface area contributed by atoms with Crippen molar-refractivity contribution in [2.45, 2.75) is 31.8 Å². The van der Waals surface area contributed by atoms with E-state index in [0.717, 1.165) is 44.6 Å². The fraction of sp³-hybridized carbons (Fsp3) is 0.600. The van der Waals surface area contributed by atoms with Crippen LogP contribution in [0.2, 0.25) is 0 Å². The Kier molecular flexibility index (Phi) is 3.81. The Balaban J connectivity index is 1.49. The first-order chi connectivity index (χ1) is 8.90. The molecule has 1 aromatic carbocycles. The van der Waals surface area contributed by atoms with Crippen LogP contribution in [0.5, 0.6) is 5.75 Å². The van der Waals surface area contributed by atoms with Crippen LogP contribution >= 0.6 is 0 Å². The molecule has 1 saturated carbocycles. The Morgan fingerprint density at radius 3 is 3.00 bits per heavy atom. The van der Waals surface area contributed by atoms with Crippen LogP contribution in [-0.2, 0) is 11.3 Å². The largest absolute Gasteiger partial charge is 0.493 e. The van der Waals surface area contributed by atoms with E-state index < -0.39 is 0 Å². The van der Waals surface area contributed by atoms with Gasteiger partial charge in [0.15, 0.2) is 0 Å². The van der Waals surface area contributed by atoms with E-state index in [-0.39, 0.29) is 0 Å². The second-order valence-corrected chi connectivity index (χ2v) is 5.34. The predicted octanol–water partition coefficient (Wildman–Crippen LogP) is 2.35. The highest BCUT2D eigenvalue weighted by molar-refractivity contribution is 5.28. The summed E-state index contributed by atoms with van der Waals surface area (Å²) < 4.78 is 11.2. The minimum atomic E-state index is 0.568. The van der Waals surface area contributed by atoms with E-state index in [9.17, 15) is 0 Å². The first-order valence-electron chi connectivity index (χ1n) is 6.93. The van der Waals surface area contributed by atoms with Crippen LogP contribution in [0.4, 0.5) is 0 Å². The summed E-state index contributed by atoms with van der Waals surface area (Å²) in [7, 11) is 0. The zero-order chi connectivity index (χ0) is 12.2. The maximum atomic E-state index is 5.85. The molecule has 3 nitrogen and oxygen atoms in total. The van der Waals surface area contributed by atoms with Crippen molar-refractivity contribution in [3.05, 3.63) is 29.8 Å². The molecule has 1 unspecified atom stereocenters. The van der Waals surface area contributed by atoms with Gasteiger partial charge in [-0.3, -0.25) is 0 Å². The van der Waals surface area contributed by atoms with Crippen molar-refractivity contribution in [2.24, 2.45) is 5.92 Å². The van der Waals surface area contributed by atoms with Gasteiger partial charge in [0.05, 0.1) is 13.2 Å². The third-order valence-electron chi connectivity index (χ3n) is 3.58. The lowest BCUT2D eigenvalue weighted by atomic mass is 10.1. The van der Waals surface area contributed by atoms with Crippen LogP contribution in [0.1, 0.15) is 24.8 Å². The average Bonchev–Trinajstić information content (AvgIpc) is 3.09. The van der Waals surface area contributed by atoms with Gasteiger partial charge in [0.1, 0.15) is 5.75 Å². The first kappa shape index (κ1) is 12.0. The van der Waals surface area contributed by atoms with Gasteiger partial charge < -0.3 is 14.8 Å². The topological polar surface area (TPSA) is 30.5 Å². The van der Waals surface area contributed by atoms with Gasteiger partial charge in [-0.1, -0.05) is 12.1 Å².